The van der Waals surface area contributed by atoms with Gasteiger partial charge in [-0.15, -0.1) is 0 Å². The van der Waals surface area contributed by atoms with Crippen molar-refractivity contribution >= 4 is 17.7 Å². The van der Waals surface area contributed by atoms with Gasteiger partial charge in [-0.3, -0.25) is 14.3 Å². The molecule has 1 amide bonds. The molecule has 1 heterocycles. The van der Waals surface area contributed by atoms with Crippen LogP contribution in [0.25, 0.3) is 0 Å². The maximum Gasteiger partial charge on any atom is 0.308 e. The average Bonchev–Trinajstić information content (AvgIpc) is 2.57. The third-order valence-corrected chi connectivity index (χ3v) is 3.19. The third-order valence-electron chi connectivity index (χ3n) is 3.19. The van der Waals surface area contributed by atoms with E-state index < -0.39 is 17.8 Å². The minimum absolute atomic E-state index is 0.0976. The molecule has 4 N–H and O–H groups in total. The van der Waals surface area contributed by atoms with Crippen LogP contribution in [0.2, 0.25) is 0 Å². The molecule has 0 aromatic carbocycles. The predicted octanol–water partition coefficient (Wildman–Crippen LogP) is 1.38. The number of carbonyl (C=O) groups excluding carboxylic acids is 1. The number of rotatable bonds is 6. The molecule has 1 aromatic heterocycles. The number of aliphatic carboxylic acids is 1. The molecule has 0 bridgehead atoms. The van der Waals surface area contributed by atoms with E-state index in [0.717, 1.165) is 0 Å². The molecule has 1 rings (SSSR count). The van der Waals surface area contributed by atoms with Crippen LogP contribution < -0.4 is 11.1 Å². The highest BCUT2D eigenvalue weighted by atomic mass is 16.4. The number of nitrogens with zero attached hydrogens (tertiary/aromatic N) is 2. The van der Waals surface area contributed by atoms with E-state index in [4.69, 9.17) is 5.73 Å². The summed E-state index contributed by atoms with van der Waals surface area (Å²) in [6.45, 7) is 7.88. The Hall–Kier alpha value is -2.05. The van der Waals surface area contributed by atoms with Gasteiger partial charge in [-0.2, -0.15) is 5.10 Å². The summed E-state index contributed by atoms with van der Waals surface area (Å²) in [7, 11) is 1.68. The fourth-order valence-electron chi connectivity index (χ4n) is 2.36. The van der Waals surface area contributed by atoms with Crippen LogP contribution in [0.15, 0.2) is 0 Å². The van der Waals surface area contributed by atoms with Crippen molar-refractivity contribution in [2.45, 2.75) is 34.1 Å². The normalized spacial score (nSPS) is 13.0. The van der Waals surface area contributed by atoms with Crippen LogP contribution in [0.3, 0.4) is 0 Å². The number of carboxylic acid groups (broad SMARTS) is 1. The fraction of sp³-hybridized carbons (Fsp3) is 0.643. The Labute approximate surface area is 124 Å². The smallest absolute Gasteiger partial charge is 0.308 e. The summed E-state index contributed by atoms with van der Waals surface area (Å²) in [5.74, 6) is -1.54. The quantitative estimate of drug-likeness (QED) is 0.734. The standard InChI is InChI=1S/C14H24N4O3/c1-8-10(11(15)19)12(18(5)17-8)16-7-9(13(20)21)6-14(2,3)4/h9,16H,6-7H2,1-5H3,(H2,15,19)(H,20,21). The van der Waals surface area contributed by atoms with Gasteiger partial charge in [0.05, 0.1) is 11.6 Å². The molecule has 0 saturated heterocycles. The number of hydrogen-bond donors (Lipinski definition) is 3. The molecule has 0 fully saturated rings. The minimum Gasteiger partial charge on any atom is -0.481 e. The van der Waals surface area contributed by atoms with Gasteiger partial charge in [0.25, 0.3) is 5.91 Å². The zero-order valence-corrected chi connectivity index (χ0v) is 13.2. The van der Waals surface area contributed by atoms with E-state index in [0.29, 0.717) is 23.5 Å². The molecule has 0 radical (unpaired) electrons. The maximum atomic E-state index is 11.5. The van der Waals surface area contributed by atoms with Crippen LogP contribution >= 0.6 is 0 Å². The predicted molar refractivity (Wildman–Crippen MR) is 80.2 cm³/mol. The lowest BCUT2D eigenvalue weighted by Crippen LogP contribution is -2.28. The van der Waals surface area contributed by atoms with Crippen LogP contribution in [-0.2, 0) is 11.8 Å². The Kier molecular flexibility index (Phi) is 4.98. The van der Waals surface area contributed by atoms with Crippen LogP contribution in [0.1, 0.15) is 43.2 Å². The molecular formula is C14H24N4O3. The van der Waals surface area contributed by atoms with E-state index in [-0.39, 0.29) is 12.0 Å². The van der Waals surface area contributed by atoms with E-state index in [1.807, 2.05) is 20.8 Å². The summed E-state index contributed by atoms with van der Waals surface area (Å²) in [4.78, 5) is 22.8. The van der Waals surface area contributed by atoms with Crippen LogP contribution in [0.5, 0.6) is 0 Å². The highest BCUT2D eigenvalue weighted by molar-refractivity contribution is 5.98. The lowest BCUT2D eigenvalue weighted by molar-refractivity contribution is -0.142. The zero-order chi connectivity index (χ0) is 16.4. The largest absolute Gasteiger partial charge is 0.481 e. The first kappa shape index (κ1) is 17.0. The Bertz CT molecular complexity index is 543. The SMILES string of the molecule is Cc1nn(C)c(NCC(CC(C)(C)C)C(=O)O)c1C(N)=O. The molecule has 0 spiro atoms. The van der Waals surface area contributed by atoms with Gasteiger partial charge in [0, 0.05) is 13.6 Å². The molecule has 7 nitrogen and oxygen atoms in total. The molecular weight excluding hydrogens is 272 g/mol. The number of nitrogens with two attached hydrogens (primary N) is 1. The van der Waals surface area contributed by atoms with Crippen molar-refractivity contribution in [1.82, 2.24) is 9.78 Å². The summed E-state index contributed by atoms with van der Waals surface area (Å²) < 4.78 is 1.51. The first-order valence-corrected chi connectivity index (χ1v) is 6.83. The lowest BCUT2D eigenvalue weighted by atomic mass is 9.84. The summed E-state index contributed by atoms with van der Waals surface area (Å²) >= 11 is 0. The monoisotopic (exact) mass is 296 g/mol. The van der Waals surface area contributed by atoms with Gasteiger partial charge >= 0.3 is 5.97 Å². The summed E-state index contributed by atoms with van der Waals surface area (Å²) in [5.41, 5.74) is 6.08. The number of anilines is 1. The molecule has 0 saturated carbocycles. The Morgan fingerprint density at radius 2 is 2.00 bits per heavy atom. The molecule has 1 unspecified atom stereocenters. The fourth-order valence-corrected chi connectivity index (χ4v) is 2.36. The molecule has 118 valence electrons. The van der Waals surface area contributed by atoms with Gasteiger partial charge in [0.2, 0.25) is 0 Å². The van der Waals surface area contributed by atoms with E-state index in [2.05, 4.69) is 10.4 Å². The molecule has 0 aliphatic rings. The number of hydrogen-bond acceptors (Lipinski definition) is 4. The summed E-state index contributed by atoms with van der Waals surface area (Å²) in [6.07, 6.45) is 0.526. The zero-order valence-electron chi connectivity index (χ0n) is 13.2. The Morgan fingerprint density at radius 3 is 2.43 bits per heavy atom. The second-order valence-corrected chi connectivity index (χ2v) is 6.48. The molecule has 0 aliphatic heterocycles. The average molecular weight is 296 g/mol. The van der Waals surface area contributed by atoms with E-state index in [1.54, 1.807) is 14.0 Å². The van der Waals surface area contributed by atoms with Crippen molar-refractivity contribution < 1.29 is 14.7 Å². The summed E-state index contributed by atoms with van der Waals surface area (Å²) in [5, 5.41) is 16.5. The van der Waals surface area contributed by atoms with Gasteiger partial charge in [-0.25, -0.2) is 0 Å². The number of carboxylic acids is 1. The topological polar surface area (TPSA) is 110 Å². The van der Waals surface area contributed by atoms with Gasteiger partial charge in [-0.1, -0.05) is 20.8 Å². The second kappa shape index (κ2) is 6.15. The van der Waals surface area contributed by atoms with Crippen molar-refractivity contribution in [1.29, 1.82) is 0 Å². The second-order valence-electron chi connectivity index (χ2n) is 6.48. The van der Waals surface area contributed by atoms with Gasteiger partial charge in [-0.05, 0) is 18.8 Å². The highest BCUT2D eigenvalue weighted by Gasteiger charge is 2.26. The van der Waals surface area contributed by atoms with Crippen LogP contribution in [-0.4, -0.2) is 33.3 Å². The van der Waals surface area contributed by atoms with Crippen LogP contribution in [0.4, 0.5) is 5.82 Å². The van der Waals surface area contributed by atoms with Crippen LogP contribution in [0, 0.1) is 18.3 Å². The molecule has 7 heteroatoms. The minimum atomic E-state index is -0.864. The van der Waals surface area contributed by atoms with Crippen molar-refractivity contribution in [3.05, 3.63) is 11.3 Å². The van der Waals surface area contributed by atoms with Crippen molar-refractivity contribution in [2.75, 3.05) is 11.9 Å². The van der Waals surface area contributed by atoms with E-state index in [9.17, 15) is 14.7 Å². The van der Waals surface area contributed by atoms with E-state index in [1.165, 1.54) is 4.68 Å². The lowest BCUT2D eigenvalue weighted by Gasteiger charge is -2.23. The number of primary amides is 1. The first-order chi connectivity index (χ1) is 9.53. The number of aryl methyl sites for hydroxylation is 2. The first-order valence-electron chi connectivity index (χ1n) is 6.83. The van der Waals surface area contributed by atoms with Gasteiger partial charge in [0.15, 0.2) is 0 Å². The summed E-state index contributed by atoms with van der Waals surface area (Å²) in [6, 6.07) is 0. The van der Waals surface area contributed by atoms with Crippen molar-refractivity contribution in [2.24, 2.45) is 24.1 Å². The number of amides is 1. The van der Waals surface area contributed by atoms with E-state index >= 15 is 0 Å². The Morgan fingerprint density at radius 1 is 1.43 bits per heavy atom. The van der Waals surface area contributed by atoms with Gasteiger partial charge < -0.3 is 16.2 Å². The van der Waals surface area contributed by atoms with Gasteiger partial charge in [0.1, 0.15) is 11.4 Å². The molecule has 21 heavy (non-hydrogen) atoms. The molecule has 1 aromatic rings. The number of aromatic nitrogens is 2. The van der Waals surface area contributed by atoms with Crippen molar-refractivity contribution in [3.8, 4) is 0 Å². The molecule has 0 aliphatic carbocycles. The number of carbonyl (C=O) groups is 2. The maximum absolute atomic E-state index is 11.5. The molecule has 1 atom stereocenters. The third kappa shape index (κ3) is 4.47. The Balaban J connectivity index is 2.91. The van der Waals surface area contributed by atoms with Crippen molar-refractivity contribution in [3.63, 3.8) is 0 Å². The highest BCUT2D eigenvalue weighted by Crippen LogP contribution is 2.26. The number of nitrogens with one attached hydrogen (secondary N) is 1.